The highest BCUT2D eigenvalue weighted by atomic mass is 16.2. The van der Waals surface area contributed by atoms with Crippen LogP contribution in [0.25, 0.3) is 0 Å². The SMILES string of the molecule is CCCN(CCC)CC(=O)NC(=O)Nc1ccc(C)cc1C. The van der Waals surface area contributed by atoms with Gasteiger partial charge in [0.15, 0.2) is 0 Å². The monoisotopic (exact) mass is 305 g/mol. The van der Waals surface area contributed by atoms with Crippen LogP contribution in [0.3, 0.4) is 0 Å². The van der Waals surface area contributed by atoms with E-state index in [0.29, 0.717) is 0 Å². The molecule has 22 heavy (non-hydrogen) atoms. The van der Waals surface area contributed by atoms with Gasteiger partial charge in [-0.1, -0.05) is 31.5 Å². The Morgan fingerprint density at radius 1 is 1.09 bits per heavy atom. The van der Waals surface area contributed by atoms with Gasteiger partial charge in [0.25, 0.3) is 0 Å². The third-order valence-corrected chi connectivity index (χ3v) is 3.33. The summed E-state index contributed by atoms with van der Waals surface area (Å²) in [5, 5.41) is 5.10. The second-order valence-electron chi connectivity index (χ2n) is 5.60. The standard InChI is InChI=1S/C17H27N3O2/c1-5-9-20(10-6-2)12-16(21)19-17(22)18-15-8-7-13(3)11-14(15)4/h7-8,11H,5-6,9-10,12H2,1-4H3,(H2,18,19,21,22). The first-order chi connectivity index (χ1) is 10.5. The molecule has 0 unspecified atom stereocenters. The van der Waals surface area contributed by atoms with Crippen molar-refractivity contribution in [3.63, 3.8) is 0 Å². The first-order valence-corrected chi connectivity index (χ1v) is 7.86. The minimum atomic E-state index is -0.482. The molecule has 1 rings (SSSR count). The number of benzene rings is 1. The lowest BCUT2D eigenvalue weighted by Crippen LogP contribution is -2.42. The zero-order chi connectivity index (χ0) is 16.5. The molecule has 3 amide bonds. The summed E-state index contributed by atoms with van der Waals surface area (Å²) in [5.74, 6) is -0.274. The Bertz CT molecular complexity index is 509. The van der Waals surface area contributed by atoms with E-state index in [4.69, 9.17) is 0 Å². The number of hydrogen-bond donors (Lipinski definition) is 2. The minimum absolute atomic E-state index is 0.252. The predicted molar refractivity (Wildman–Crippen MR) is 90.1 cm³/mol. The quantitative estimate of drug-likeness (QED) is 0.814. The maximum atomic E-state index is 11.9. The topological polar surface area (TPSA) is 61.4 Å². The highest BCUT2D eigenvalue weighted by Gasteiger charge is 2.12. The lowest BCUT2D eigenvalue weighted by molar-refractivity contribution is -0.121. The van der Waals surface area contributed by atoms with E-state index in [1.165, 1.54) is 0 Å². The second-order valence-corrected chi connectivity index (χ2v) is 5.60. The Morgan fingerprint density at radius 2 is 1.73 bits per heavy atom. The maximum Gasteiger partial charge on any atom is 0.325 e. The Morgan fingerprint density at radius 3 is 2.27 bits per heavy atom. The molecule has 5 heteroatoms. The fourth-order valence-electron chi connectivity index (χ4n) is 2.38. The number of urea groups is 1. The van der Waals surface area contributed by atoms with Crippen molar-refractivity contribution in [2.75, 3.05) is 25.0 Å². The summed E-state index contributed by atoms with van der Waals surface area (Å²) in [5.41, 5.74) is 2.82. The molecule has 0 bridgehead atoms. The van der Waals surface area contributed by atoms with Crippen molar-refractivity contribution in [2.45, 2.75) is 40.5 Å². The van der Waals surface area contributed by atoms with Crippen molar-refractivity contribution in [3.05, 3.63) is 29.3 Å². The van der Waals surface area contributed by atoms with Gasteiger partial charge in [0, 0.05) is 5.69 Å². The Hall–Kier alpha value is -1.88. The van der Waals surface area contributed by atoms with Crippen LogP contribution in [0.15, 0.2) is 18.2 Å². The Kier molecular flexibility index (Phi) is 7.60. The van der Waals surface area contributed by atoms with E-state index in [-0.39, 0.29) is 12.5 Å². The minimum Gasteiger partial charge on any atom is -0.307 e. The Balaban J connectivity index is 2.51. The van der Waals surface area contributed by atoms with E-state index >= 15 is 0 Å². The average molecular weight is 305 g/mol. The number of hydrogen-bond acceptors (Lipinski definition) is 3. The fourth-order valence-corrected chi connectivity index (χ4v) is 2.38. The zero-order valence-corrected chi connectivity index (χ0v) is 14.0. The van der Waals surface area contributed by atoms with Crippen LogP contribution in [-0.2, 0) is 4.79 Å². The normalized spacial score (nSPS) is 10.6. The van der Waals surface area contributed by atoms with Crippen LogP contribution in [-0.4, -0.2) is 36.5 Å². The summed E-state index contributed by atoms with van der Waals surface area (Å²) in [6.45, 7) is 10.0. The summed E-state index contributed by atoms with van der Waals surface area (Å²) < 4.78 is 0. The highest BCUT2D eigenvalue weighted by Crippen LogP contribution is 2.15. The van der Waals surface area contributed by atoms with Crippen molar-refractivity contribution in [2.24, 2.45) is 0 Å². The third kappa shape index (κ3) is 6.26. The number of amides is 3. The van der Waals surface area contributed by atoms with Crippen LogP contribution in [0.5, 0.6) is 0 Å². The highest BCUT2D eigenvalue weighted by molar-refractivity contribution is 6.02. The van der Waals surface area contributed by atoms with E-state index in [0.717, 1.165) is 42.7 Å². The van der Waals surface area contributed by atoms with Crippen LogP contribution < -0.4 is 10.6 Å². The van der Waals surface area contributed by atoms with Crippen molar-refractivity contribution >= 4 is 17.6 Å². The van der Waals surface area contributed by atoms with Gasteiger partial charge in [0.1, 0.15) is 0 Å². The van der Waals surface area contributed by atoms with Gasteiger partial charge in [-0.2, -0.15) is 0 Å². The zero-order valence-electron chi connectivity index (χ0n) is 14.0. The lowest BCUT2D eigenvalue weighted by Gasteiger charge is -2.20. The van der Waals surface area contributed by atoms with Gasteiger partial charge in [-0.05, 0) is 51.4 Å². The fraction of sp³-hybridized carbons (Fsp3) is 0.529. The molecule has 1 aromatic rings. The summed E-state index contributed by atoms with van der Waals surface area (Å²) in [4.78, 5) is 25.9. The van der Waals surface area contributed by atoms with E-state index in [1.807, 2.05) is 32.0 Å². The number of anilines is 1. The van der Waals surface area contributed by atoms with Crippen molar-refractivity contribution in [1.82, 2.24) is 10.2 Å². The number of aryl methyl sites for hydroxylation is 2. The molecule has 0 fully saturated rings. The molecule has 122 valence electrons. The molecule has 0 spiro atoms. The third-order valence-electron chi connectivity index (χ3n) is 3.33. The average Bonchev–Trinajstić information content (AvgIpc) is 2.42. The van der Waals surface area contributed by atoms with Gasteiger partial charge in [-0.15, -0.1) is 0 Å². The van der Waals surface area contributed by atoms with Gasteiger partial charge in [0.05, 0.1) is 6.54 Å². The molecular formula is C17H27N3O2. The van der Waals surface area contributed by atoms with E-state index < -0.39 is 6.03 Å². The number of rotatable bonds is 7. The molecule has 0 aliphatic heterocycles. The molecule has 5 nitrogen and oxygen atoms in total. The van der Waals surface area contributed by atoms with E-state index in [2.05, 4.69) is 29.4 Å². The second kappa shape index (κ2) is 9.20. The molecule has 0 aliphatic rings. The molecule has 0 radical (unpaired) electrons. The van der Waals surface area contributed by atoms with Gasteiger partial charge >= 0.3 is 6.03 Å². The van der Waals surface area contributed by atoms with Gasteiger partial charge in [0.2, 0.25) is 5.91 Å². The first kappa shape index (κ1) is 18.2. The summed E-state index contributed by atoms with van der Waals surface area (Å²) in [6, 6.07) is 5.27. The molecule has 0 saturated heterocycles. The van der Waals surface area contributed by atoms with Crippen molar-refractivity contribution < 1.29 is 9.59 Å². The molecule has 0 heterocycles. The molecular weight excluding hydrogens is 278 g/mol. The summed E-state index contributed by atoms with van der Waals surface area (Å²) in [6.07, 6.45) is 1.98. The van der Waals surface area contributed by atoms with Crippen LogP contribution >= 0.6 is 0 Å². The van der Waals surface area contributed by atoms with Gasteiger partial charge < -0.3 is 5.32 Å². The molecule has 0 aromatic heterocycles. The maximum absolute atomic E-state index is 11.9. The number of nitrogens with zero attached hydrogens (tertiary/aromatic N) is 1. The van der Waals surface area contributed by atoms with Crippen molar-refractivity contribution in [3.8, 4) is 0 Å². The summed E-state index contributed by atoms with van der Waals surface area (Å²) >= 11 is 0. The molecule has 1 aromatic carbocycles. The van der Waals surface area contributed by atoms with Crippen LogP contribution in [0.1, 0.15) is 37.8 Å². The number of imide groups is 1. The van der Waals surface area contributed by atoms with Crippen LogP contribution in [0.2, 0.25) is 0 Å². The molecule has 2 N–H and O–H groups in total. The number of nitrogens with one attached hydrogen (secondary N) is 2. The van der Waals surface area contributed by atoms with E-state index in [1.54, 1.807) is 0 Å². The predicted octanol–water partition coefficient (Wildman–Crippen LogP) is 3.07. The van der Waals surface area contributed by atoms with E-state index in [9.17, 15) is 9.59 Å². The van der Waals surface area contributed by atoms with Crippen molar-refractivity contribution in [1.29, 1.82) is 0 Å². The molecule has 0 aliphatic carbocycles. The van der Waals surface area contributed by atoms with Crippen LogP contribution in [0.4, 0.5) is 10.5 Å². The van der Waals surface area contributed by atoms with Gasteiger partial charge in [-0.3, -0.25) is 15.0 Å². The largest absolute Gasteiger partial charge is 0.325 e. The van der Waals surface area contributed by atoms with Gasteiger partial charge in [-0.25, -0.2) is 4.79 Å². The van der Waals surface area contributed by atoms with Crippen LogP contribution in [0, 0.1) is 13.8 Å². The summed E-state index contributed by atoms with van der Waals surface area (Å²) in [7, 11) is 0. The molecule has 0 atom stereocenters. The smallest absolute Gasteiger partial charge is 0.307 e. The first-order valence-electron chi connectivity index (χ1n) is 7.86. The number of carbonyl (C=O) groups is 2. The number of carbonyl (C=O) groups excluding carboxylic acids is 2. The Labute approximate surface area is 133 Å². The molecule has 0 saturated carbocycles. The lowest BCUT2D eigenvalue weighted by atomic mass is 10.1.